The number of hydrogen-bond donors (Lipinski definition) is 1. The van der Waals surface area contributed by atoms with Gasteiger partial charge in [-0.1, -0.05) is 30.4 Å². The van der Waals surface area contributed by atoms with Crippen LogP contribution in [-0.4, -0.2) is 5.91 Å². The van der Waals surface area contributed by atoms with Crippen LogP contribution in [0.2, 0.25) is 0 Å². The summed E-state index contributed by atoms with van der Waals surface area (Å²) in [7, 11) is 0. The Balaban J connectivity index is 2.55. The van der Waals surface area contributed by atoms with Crippen molar-refractivity contribution in [2.75, 3.05) is 5.32 Å². The molecule has 0 aromatic heterocycles. The highest BCUT2D eigenvalue weighted by Gasteiger charge is 2.44. The van der Waals surface area contributed by atoms with Crippen molar-refractivity contribution in [3.05, 3.63) is 55.1 Å². The molecule has 1 aliphatic rings. The Labute approximate surface area is 95.7 Å². The molecular formula is C14H15NO. The third-order valence-corrected chi connectivity index (χ3v) is 3.11. The van der Waals surface area contributed by atoms with Crippen molar-refractivity contribution in [1.29, 1.82) is 0 Å². The molecule has 2 heteroatoms. The molecule has 1 heterocycles. The lowest BCUT2D eigenvalue weighted by Gasteiger charge is -2.24. The fourth-order valence-electron chi connectivity index (χ4n) is 2.36. The largest absolute Gasteiger partial charge is 0.325 e. The number of fused-ring (bicyclic) bond motifs is 1. The fourth-order valence-corrected chi connectivity index (χ4v) is 2.36. The van der Waals surface area contributed by atoms with Gasteiger partial charge in [0.15, 0.2) is 0 Å². The van der Waals surface area contributed by atoms with Crippen LogP contribution in [0.3, 0.4) is 0 Å². The van der Waals surface area contributed by atoms with Crippen molar-refractivity contribution in [1.82, 2.24) is 0 Å². The van der Waals surface area contributed by atoms with Crippen LogP contribution in [0.5, 0.6) is 0 Å². The monoisotopic (exact) mass is 213 g/mol. The molecular weight excluding hydrogens is 198 g/mol. The number of amides is 1. The first-order chi connectivity index (χ1) is 7.74. The summed E-state index contributed by atoms with van der Waals surface area (Å²) in [6.45, 7) is 7.49. The molecule has 0 aliphatic carbocycles. The zero-order chi connectivity index (χ0) is 11.6. The van der Waals surface area contributed by atoms with Crippen LogP contribution in [0.25, 0.3) is 0 Å². The maximum absolute atomic E-state index is 12.1. The summed E-state index contributed by atoms with van der Waals surface area (Å²) in [6.07, 6.45) is 4.88. The van der Waals surface area contributed by atoms with Crippen LogP contribution in [-0.2, 0) is 10.2 Å². The van der Waals surface area contributed by atoms with Gasteiger partial charge in [-0.3, -0.25) is 4.79 Å². The van der Waals surface area contributed by atoms with Gasteiger partial charge in [-0.2, -0.15) is 0 Å². The van der Waals surface area contributed by atoms with Crippen LogP contribution >= 0.6 is 0 Å². The second-order valence-corrected chi connectivity index (χ2v) is 4.07. The van der Waals surface area contributed by atoms with E-state index in [4.69, 9.17) is 0 Å². The lowest BCUT2D eigenvalue weighted by molar-refractivity contribution is -0.120. The Morgan fingerprint density at radius 1 is 1.19 bits per heavy atom. The number of hydrogen-bond acceptors (Lipinski definition) is 1. The van der Waals surface area contributed by atoms with Gasteiger partial charge in [0, 0.05) is 5.69 Å². The topological polar surface area (TPSA) is 29.1 Å². The predicted octanol–water partition coefficient (Wildman–Crippen LogP) is 3.03. The molecule has 1 amide bonds. The number of carbonyl (C=O) groups is 1. The average Bonchev–Trinajstić information content (AvgIpc) is 2.54. The molecule has 0 unspecified atom stereocenters. The van der Waals surface area contributed by atoms with Crippen LogP contribution in [0, 0.1) is 0 Å². The highest BCUT2D eigenvalue weighted by Crippen LogP contribution is 2.43. The average molecular weight is 213 g/mol. The SMILES string of the molecule is C=CCC1(CC=C)C(=O)Nc2ccccc21. The smallest absolute Gasteiger partial charge is 0.235 e. The maximum atomic E-state index is 12.1. The highest BCUT2D eigenvalue weighted by atomic mass is 16.2. The van der Waals surface area contributed by atoms with Gasteiger partial charge in [0.05, 0.1) is 5.41 Å². The molecule has 0 saturated carbocycles. The van der Waals surface area contributed by atoms with Gasteiger partial charge >= 0.3 is 0 Å². The number of allylic oxidation sites excluding steroid dienone is 2. The fraction of sp³-hybridized carbons (Fsp3) is 0.214. The van der Waals surface area contributed by atoms with Gasteiger partial charge in [-0.15, -0.1) is 13.2 Å². The summed E-state index contributed by atoms with van der Waals surface area (Å²) in [5, 5.41) is 2.92. The third kappa shape index (κ3) is 1.38. The number of nitrogens with one attached hydrogen (secondary N) is 1. The van der Waals surface area contributed by atoms with E-state index < -0.39 is 5.41 Å². The number of rotatable bonds is 4. The molecule has 82 valence electrons. The van der Waals surface area contributed by atoms with Crippen LogP contribution in [0.1, 0.15) is 18.4 Å². The molecule has 1 aromatic carbocycles. The Morgan fingerprint density at radius 3 is 2.44 bits per heavy atom. The van der Waals surface area contributed by atoms with Crippen molar-refractivity contribution in [2.24, 2.45) is 0 Å². The van der Waals surface area contributed by atoms with Crippen LogP contribution in [0.4, 0.5) is 5.69 Å². The van der Waals surface area contributed by atoms with E-state index >= 15 is 0 Å². The van der Waals surface area contributed by atoms with E-state index in [1.165, 1.54) is 0 Å². The van der Waals surface area contributed by atoms with E-state index in [1.54, 1.807) is 12.2 Å². The van der Waals surface area contributed by atoms with E-state index in [0.29, 0.717) is 12.8 Å². The predicted molar refractivity (Wildman–Crippen MR) is 66.4 cm³/mol. The van der Waals surface area contributed by atoms with E-state index in [9.17, 15) is 4.79 Å². The number of anilines is 1. The molecule has 1 aliphatic heterocycles. The lowest BCUT2D eigenvalue weighted by atomic mass is 9.76. The summed E-state index contributed by atoms with van der Waals surface area (Å²) >= 11 is 0. The first-order valence-corrected chi connectivity index (χ1v) is 5.37. The number of benzene rings is 1. The van der Waals surface area contributed by atoms with E-state index in [0.717, 1.165) is 11.3 Å². The summed E-state index contributed by atoms with van der Waals surface area (Å²) in [5.74, 6) is 0.0495. The Kier molecular flexibility index (Phi) is 2.65. The molecule has 1 N–H and O–H groups in total. The molecule has 2 rings (SSSR count). The normalized spacial score (nSPS) is 16.4. The van der Waals surface area contributed by atoms with E-state index in [2.05, 4.69) is 18.5 Å². The zero-order valence-electron chi connectivity index (χ0n) is 9.20. The summed E-state index contributed by atoms with van der Waals surface area (Å²) < 4.78 is 0. The van der Waals surface area contributed by atoms with Crippen LogP contribution < -0.4 is 5.32 Å². The summed E-state index contributed by atoms with van der Waals surface area (Å²) in [5.41, 5.74) is 1.47. The summed E-state index contributed by atoms with van der Waals surface area (Å²) in [6, 6.07) is 7.82. The number of para-hydroxylation sites is 1. The Bertz CT molecular complexity index is 438. The Hall–Kier alpha value is -1.83. The summed E-state index contributed by atoms with van der Waals surface area (Å²) in [4.78, 5) is 12.1. The van der Waals surface area contributed by atoms with E-state index in [1.807, 2.05) is 24.3 Å². The standard InChI is InChI=1S/C14H15NO/c1-3-9-14(10-4-2)11-7-5-6-8-12(11)15-13(14)16/h3-8H,1-2,9-10H2,(H,15,16). The van der Waals surface area contributed by atoms with Gasteiger partial charge in [0.2, 0.25) is 5.91 Å². The molecule has 0 atom stereocenters. The highest BCUT2D eigenvalue weighted by molar-refractivity contribution is 6.06. The molecule has 16 heavy (non-hydrogen) atoms. The molecule has 0 saturated heterocycles. The van der Waals surface area contributed by atoms with Crippen molar-refractivity contribution in [3.8, 4) is 0 Å². The molecule has 0 bridgehead atoms. The van der Waals surface area contributed by atoms with Crippen molar-refractivity contribution in [3.63, 3.8) is 0 Å². The van der Waals surface area contributed by atoms with Crippen molar-refractivity contribution >= 4 is 11.6 Å². The third-order valence-electron chi connectivity index (χ3n) is 3.11. The van der Waals surface area contributed by atoms with Crippen LogP contribution in [0.15, 0.2) is 49.6 Å². The lowest BCUT2D eigenvalue weighted by Crippen LogP contribution is -2.33. The second-order valence-electron chi connectivity index (χ2n) is 4.07. The van der Waals surface area contributed by atoms with Gasteiger partial charge in [0.1, 0.15) is 0 Å². The molecule has 1 aromatic rings. The van der Waals surface area contributed by atoms with Gasteiger partial charge < -0.3 is 5.32 Å². The van der Waals surface area contributed by atoms with E-state index in [-0.39, 0.29) is 5.91 Å². The molecule has 0 radical (unpaired) electrons. The van der Waals surface area contributed by atoms with Crippen molar-refractivity contribution in [2.45, 2.75) is 18.3 Å². The van der Waals surface area contributed by atoms with Gasteiger partial charge in [-0.05, 0) is 24.5 Å². The minimum Gasteiger partial charge on any atom is -0.325 e. The first kappa shape index (κ1) is 10.7. The molecule has 0 fully saturated rings. The maximum Gasteiger partial charge on any atom is 0.235 e. The Morgan fingerprint density at radius 2 is 1.81 bits per heavy atom. The molecule has 2 nitrogen and oxygen atoms in total. The van der Waals surface area contributed by atoms with Gasteiger partial charge in [-0.25, -0.2) is 0 Å². The minimum atomic E-state index is -0.500. The quantitative estimate of drug-likeness (QED) is 0.765. The zero-order valence-corrected chi connectivity index (χ0v) is 9.20. The molecule has 0 spiro atoms. The van der Waals surface area contributed by atoms with Crippen molar-refractivity contribution < 1.29 is 4.79 Å². The number of carbonyl (C=O) groups excluding carboxylic acids is 1. The minimum absolute atomic E-state index is 0.0495. The second kappa shape index (κ2) is 3.97. The first-order valence-electron chi connectivity index (χ1n) is 5.37. The van der Waals surface area contributed by atoms with Gasteiger partial charge in [0.25, 0.3) is 0 Å².